The molecule has 2 heterocycles. The monoisotopic (exact) mass is 544 g/mol. The molecule has 0 radical (unpaired) electrons. The normalized spacial score (nSPS) is 21.4. The summed E-state index contributed by atoms with van der Waals surface area (Å²) in [6.45, 7) is 5.14. The Labute approximate surface area is 220 Å². The van der Waals surface area contributed by atoms with Gasteiger partial charge in [-0.15, -0.1) is 0 Å². The van der Waals surface area contributed by atoms with Crippen molar-refractivity contribution < 1.29 is 27.1 Å². The van der Waals surface area contributed by atoms with Crippen molar-refractivity contribution in [1.82, 2.24) is 4.31 Å². The van der Waals surface area contributed by atoms with Crippen LogP contribution >= 0.6 is 11.6 Å². The van der Waals surface area contributed by atoms with E-state index < -0.39 is 39.9 Å². The molecule has 0 bridgehead atoms. The molecule has 0 saturated carbocycles. The third-order valence-corrected chi connectivity index (χ3v) is 9.04. The molecular formula is C27H26ClFN2O5S. The van der Waals surface area contributed by atoms with Gasteiger partial charge in [-0.3, -0.25) is 0 Å². The topological polar surface area (TPSA) is 84.9 Å². The fraction of sp³-hybridized carbons (Fsp3) is 0.296. The molecule has 10 heteroatoms. The van der Waals surface area contributed by atoms with Crippen molar-refractivity contribution in [3.8, 4) is 5.75 Å². The van der Waals surface area contributed by atoms with E-state index in [-0.39, 0.29) is 29.5 Å². The van der Waals surface area contributed by atoms with Crippen molar-refractivity contribution in [3.63, 3.8) is 0 Å². The van der Waals surface area contributed by atoms with Crippen molar-refractivity contribution in [2.45, 2.75) is 50.3 Å². The van der Waals surface area contributed by atoms with Gasteiger partial charge in [-0.1, -0.05) is 54.9 Å². The maximum atomic E-state index is 14.8. The van der Waals surface area contributed by atoms with E-state index in [1.165, 1.54) is 18.2 Å². The fourth-order valence-corrected chi connectivity index (χ4v) is 7.16. The number of fused-ring (bicyclic) bond motifs is 2. The van der Waals surface area contributed by atoms with Crippen LogP contribution < -0.4 is 10.1 Å². The van der Waals surface area contributed by atoms with E-state index in [9.17, 15) is 17.6 Å². The molecule has 2 unspecified atom stereocenters. The molecule has 3 atom stereocenters. The van der Waals surface area contributed by atoms with Gasteiger partial charge in [0.2, 0.25) is 10.0 Å². The average molecular weight is 545 g/mol. The molecule has 3 aromatic rings. The van der Waals surface area contributed by atoms with Crippen LogP contribution in [0.25, 0.3) is 0 Å². The van der Waals surface area contributed by atoms with Crippen molar-refractivity contribution in [2.24, 2.45) is 0 Å². The lowest BCUT2D eigenvalue weighted by molar-refractivity contribution is -0.140. The Morgan fingerprint density at radius 2 is 1.95 bits per heavy atom. The van der Waals surface area contributed by atoms with Gasteiger partial charge in [0.1, 0.15) is 22.5 Å². The van der Waals surface area contributed by atoms with Gasteiger partial charge < -0.3 is 14.8 Å². The lowest BCUT2D eigenvalue weighted by Gasteiger charge is -2.40. The molecule has 0 amide bonds. The number of nitrogens with one attached hydrogen (secondary N) is 1. The number of carbonyl (C=O) groups excluding carboxylic acids is 1. The van der Waals surface area contributed by atoms with Crippen LogP contribution in [0.3, 0.4) is 0 Å². The molecule has 3 aromatic carbocycles. The Morgan fingerprint density at radius 1 is 1.22 bits per heavy atom. The summed E-state index contributed by atoms with van der Waals surface area (Å²) >= 11 is 6.34. The summed E-state index contributed by atoms with van der Waals surface area (Å²) in [5, 5.41) is 3.42. The molecule has 0 aliphatic carbocycles. The number of ether oxygens (including phenoxy) is 2. The van der Waals surface area contributed by atoms with Gasteiger partial charge in [0.05, 0.1) is 25.1 Å². The lowest BCUT2D eigenvalue weighted by Crippen LogP contribution is -2.54. The van der Waals surface area contributed by atoms with E-state index in [1.807, 2.05) is 30.3 Å². The molecule has 1 N–H and O–H groups in total. The molecule has 2 aliphatic heterocycles. The lowest BCUT2D eigenvalue weighted by atomic mass is 9.88. The molecule has 5 rings (SSSR count). The average Bonchev–Trinajstić information content (AvgIpc) is 2.85. The zero-order valence-electron chi connectivity index (χ0n) is 20.5. The van der Waals surface area contributed by atoms with Crippen LogP contribution in [-0.4, -0.2) is 31.4 Å². The Kier molecular flexibility index (Phi) is 6.74. The first kappa shape index (κ1) is 25.7. The number of rotatable bonds is 5. The largest absolute Gasteiger partial charge is 0.425 e. The number of hydrogen-bond donors (Lipinski definition) is 1. The Bertz CT molecular complexity index is 1480. The number of anilines is 1. The summed E-state index contributed by atoms with van der Waals surface area (Å²) in [7, 11) is -4.24. The van der Waals surface area contributed by atoms with Gasteiger partial charge in [0, 0.05) is 22.1 Å². The maximum Gasteiger partial charge on any atom is 0.330 e. The predicted molar refractivity (Wildman–Crippen MR) is 138 cm³/mol. The first-order valence-corrected chi connectivity index (χ1v) is 13.7. The molecule has 0 aromatic heterocycles. The van der Waals surface area contributed by atoms with Crippen LogP contribution in [-0.2, 0) is 26.2 Å². The Morgan fingerprint density at radius 3 is 2.68 bits per heavy atom. The minimum absolute atomic E-state index is 0.0285. The Balaban J connectivity index is 1.53. The second-order valence-electron chi connectivity index (χ2n) is 9.30. The van der Waals surface area contributed by atoms with Crippen molar-refractivity contribution in [2.75, 3.05) is 12.0 Å². The van der Waals surface area contributed by atoms with E-state index in [0.29, 0.717) is 21.8 Å². The van der Waals surface area contributed by atoms with Gasteiger partial charge in [-0.2, -0.15) is 4.31 Å². The van der Waals surface area contributed by atoms with Crippen LogP contribution in [0, 0.1) is 12.7 Å². The maximum absolute atomic E-state index is 14.8. The van der Waals surface area contributed by atoms with Crippen LogP contribution in [0.4, 0.5) is 10.1 Å². The van der Waals surface area contributed by atoms with Gasteiger partial charge in [-0.05, 0) is 43.2 Å². The van der Waals surface area contributed by atoms with Gasteiger partial charge in [-0.25, -0.2) is 17.6 Å². The first-order valence-electron chi connectivity index (χ1n) is 11.8. The number of aryl methyl sites for hydroxylation is 1. The number of nitrogens with zero attached hydrogens (tertiary/aromatic N) is 1. The molecular weight excluding hydrogens is 519 g/mol. The summed E-state index contributed by atoms with van der Waals surface area (Å²) in [5.41, 5.74) is 2.38. The highest BCUT2D eigenvalue weighted by molar-refractivity contribution is 7.89. The second kappa shape index (κ2) is 9.72. The highest BCUT2D eigenvalue weighted by Crippen LogP contribution is 2.45. The summed E-state index contributed by atoms with van der Waals surface area (Å²) in [5.74, 6) is -1.95. The molecule has 37 heavy (non-hydrogen) atoms. The molecule has 0 saturated heterocycles. The van der Waals surface area contributed by atoms with E-state index in [1.54, 1.807) is 26.8 Å². The van der Waals surface area contributed by atoms with Gasteiger partial charge >= 0.3 is 5.97 Å². The van der Waals surface area contributed by atoms with Gasteiger partial charge in [0.25, 0.3) is 0 Å². The molecule has 2 aliphatic rings. The van der Waals surface area contributed by atoms with E-state index in [4.69, 9.17) is 21.1 Å². The van der Waals surface area contributed by atoms with Crippen molar-refractivity contribution in [1.29, 1.82) is 0 Å². The summed E-state index contributed by atoms with van der Waals surface area (Å²) in [6, 6.07) is 14.1. The highest BCUT2D eigenvalue weighted by Gasteiger charge is 2.48. The zero-order valence-corrected chi connectivity index (χ0v) is 22.1. The zero-order chi connectivity index (χ0) is 26.5. The van der Waals surface area contributed by atoms with Crippen molar-refractivity contribution in [3.05, 3.63) is 87.7 Å². The number of esters is 1. The van der Waals surface area contributed by atoms with Crippen LogP contribution in [0.15, 0.2) is 59.5 Å². The van der Waals surface area contributed by atoms with E-state index in [2.05, 4.69) is 5.32 Å². The van der Waals surface area contributed by atoms with Crippen LogP contribution in [0.1, 0.15) is 48.1 Å². The quantitative estimate of drug-likeness (QED) is 0.336. The van der Waals surface area contributed by atoms with Crippen LogP contribution in [0.5, 0.6) is 5.75 Å². The third-order valence-electron chi connectivity index (χ3n) is 6.88. The van der Waals surface area contributed by atoms with Gasteiger partial charge in [0.15, 0.2) is 0 Å². The third kappa shape index (κ3) is 4.50. The summed E-state index contributed by atoms with van der Waals surface area (Å²) in [4.78, 5) is 13.1. The SMILES string of the molecule is Cc1ccc(F)c2c1OC(=O)[C@@H](N1CNc3cc(Cl)cc(C(C)OCc4ccccc4)c3S1(=O)=O)C2C. The summed E-state index contributed by atoms with van der Waals surface area (Å²) in [6.07, 6.45) is -0.638. The molecule has 0 fully saturated rings. The number of halogens is 2. The molecule has 194 valence electrons. The van der Waals surface area contributed by atoms with E-state index >= 15 is 0 Å². The standard InChI is InChI=1S/C27H26ClFN2O5S/c1-15-9-10-21(29)23-16(2)24(27(32)36-25(15)23)31-14-30-22-12-19(28)11-20(26(22)37(31,33)34)17(3)35-13-18-7-5-4-6-8-18/h4-12,16-17,24,30H,13-14H2,1-3H3/t16?,17?,24-/m0/s1. The smallest absolute Gasteiger partial charge is 0.330 e. The summed E-state index contributed by atoms with van der Waals surface area (Å²) < 4.78 is 55.5. The molecule has 0 spiro atoms. The number of sulfonamides is 1. The minimum atomic E-state index is -4.24. The highest BCUT2D eigenvalue weighted by atomic mass is 35.5. The van der Waals surface area contributed by atoms with Crippen molar-refractivity contribution >= 4 is 33.3 Å². The van der Waals surface area contributed by atoms with E-state index in [0.717, 1.165) is 9.87 Å². The Hall–Kier alpha value is -2.98. The second-order valence-corrected chi connectivity index (χ2v) is 11.6. The number of hydrogen-bond acceptors (Lipinski definition) is 6. The number of benzene rings is 3. The van der Waals surface area contributed by atoms with Crippen LogP contribution in [0.2, 0.25) is 5.02 Å². The molecule has 7 nitrogen and oxygen atoms in total. The minimum Gasteiger partial charge on any atom is -0.425 e. The first-order chi connectivity index (χ1) is 17.6. The fourth-order valence-electron chi connectivity index (χ4n) is 4.97. The predicted octanol–water partition coefficient (Wildman–Crippen LogP) is 5.53. The number of carbonyl (C=O) groups is 1.